The first kappa shape index (κ1) is 11.8. The van der Waals surface area contributed by atoms with E-state index in [-0.39, 0.29) is 0 Å². The van der Waals surface area contributed by atoms with Crippen LogP contribution in [0, 0.1) is 6.92 Å². The lowest BCUT2D eigenvalue weighted by Gasteiger charge is -2.03. The fraction of sp³-hybridized carbons (Fsp3) is 0.545. The van der Waals surface area contributed by atoms with Gasteiger partial charge in [-0.1, -0.05) is 24.2 Å². The third-order valence-electron chi connectivity index (χ3n) is 2.27. The lowest BCUT2D eigenvalue weighted by Crippen LogP contribution is -2.21. The van der Waals surface area contributed by atoms with Crippen molar-refractivity contribution < 1.29 is 4.52 Å². The van der Waals surface area contributed by atoms with Gasteiger partial charge in [0.05, 0.1) is 17.6 Å². The highest BCUT2D eigenvalue weighted by molar-refractivity contribution is 5.04. The molecule has 2 heterocycles. The van der Waals surface area contributed by atoms with E-state index >= 15 is 0 Å². The second-order valence-corrected chi connectivity index (χ2v) is 4.38. The fourth-order valence-corrected chi connectivity index (χ4v) is 1.46. The minimum Gasteiger partial charge on any atom is -0.359 e. The normalized spacial score (nSPS) is 11.3. The molecule has 1 N–H and O–H groups in total. The Morgan fingerprint density at radius 2 is 2.29 bits per heavy atom. The molecule has 0 saturated carbocycles. The third-order valence-corrected chi connectivity index (χ3v) is 2.27. The maximum absolute atomic E-state index is 5.12. The van der Waals surface area contributed by atoms with Gasteiger partial charge in [0.2, 0.25) is 0 Å². The van der Waals surface area contributed by atoms with Gasteiger partial charge in [-0.15, -0.1) is 5.10 Å². The summed E-state index contributed by atoms with van der Waals surface area (Å²) in [7, 11) is 0. The summed E-state index contributed by atoms with van der Waals surface area (Å²) in [4.78, 5) is 0. The van der Waals surface area contributed by atoms with E-state index in [1.165, 1.54) is 0 Å². The topological polar surface area (TPSA) is 68.8 Å². The first-order valence-electron chi connectivity index (χ1n) is 5.68. The van der Waals surface area contributed by atoms with Crippen LogP contribution in [0.5, 0.6) is 0 Å². The first-order valence-corrected chi connectivity index (χ1v) is 5.68. The van der Waals surface area contributed by atoms with E-state index in [4.69, 9.17) is 4.52 Å². The Morgan fingerprint density at radius 1 is 1.47 bits per heavy atom. The number of aryl methyl sites for hydroxylation is 1. The minimum absolute atomic E-state index is 0.442. The highest BCUT2D eigenvalue weighted by Gasteiger charge is 2.05. The molecule has 2 aromatic rings. The lowest BCUT2D eigenvalue weighted by molar-refractivity contribution is 0.367. The molecule has 6 nitrogen and oxygen atoms in total. The predicted molar refractivity (Wildman–Crippen MR) is 62.3 cm³/mol. The molecule has 0 aliphatic rings. The van der Waals surface area contributed by atoms with Crippen molar-refractivity contribution in [2.45, 2.75) is 39.9 Å². The minimum atomic E-state index is 0.442. The Balaban J connectivity index is 1.94. The highest BCUT2D eigenvalue weighted by Crippen LogP contribution is 2.04. The molecule has 0 aliphatic heterocycles. The van der Waals surface area contributed by atoms with Gasteiger partial charge in [0.15, 0.2) is 5.76 Å². The second kappa shape index (κ2) is 5.09. The van der Waals surface area contributed by atoms with E-state index < -0.39 is 0 Å². The molecule has 0 unspecified atom stereocenters. The van der Waals surface area contributed by atoms with Crippen molar-refractivity contribution >= 4 is 0 Å². The van der Waals surface area contributed by atoms with E-state index in [1.807, 2.05) is 19.2 Å². The summed E-state index contributed by atoms with van der Waals surface area (Å²) in [5.41, 5.74) is 1.80. The largest absolute Gasteiger partial charge is 0.359 e. The zero-order valence-corrected chi connectivity index (χ0v) is 10.3. The van der Waals surface area contributed by atoms with Gasteiger partial charge >= 0.3 is 0 Å². The van der Waals surface area contributed by atoms with Crippen LogP contribution in [0.1, 0.15) is 31.0 Å². The molecule has 0 atom stereocenters. The Bertz CT molecular complexity index is 474. The molecule has 2 aromatic heterocycles. The number of rotatable bonds is 5. The van der Waals surface area contributed by atoms with E-state index in [0.717, 1.165) is 23.7 Å². The van der Waals surface area contributed by atoms with Gasteiger partial charge in [-0.25, -0.2) is 4.68 Å². The van der Waals surface area contributed by atoms with Crippen molar-refractivity contribution in [2.75, 3.05) is 0 Å². The monoisotopic (exact) mass is 235 g/mol. The Morgan fingerprint density at radius 3 is 2.94 bits per heavy atom. The standard InChI is InChI=1S/C11H17N5O/c1-8(2)12-5-10-6-16(15-13-10)7-11-4-9(3)14-17-11/h4,6,8,12H,5,7H2,1-3H3. The number of nitrogens with one attached hydrogen (secondary N) is 1. The zero-order valence-electron chi connectivity index (χ0n) is 10.3. The molecule has 6 heteroatoms. The number of aromatic nitrogens is 4. The van der Waals surface area contributed by atoms with Gasteiger partial charge in [-0.3, -0.25) is 0 Å². The van der Waals surface area contributed by atoms with Crippen LogP contribution in [0.4, 0.5) is 0 Å². The predicted octanol–water partition coefficient (Wildman–Crippen LogP) is 1.12. The Labute approximate surface area is 100.0 Å². The molecule has 0 radical (unpaired) electrons. The van der Waals surface area contributed by atoms with Gasteiger partial charge < -0.3 is 9.84 Å². The van der Waals surface area contributed by atoms with Crippen LogP contribution in [0.15, 0.2) is 16.8 Å². The molecular weight excluding hydrogens is 218 g/mol. The molecule has 2 rings (SSSR count). The van der Waals surface area contributed by atoms with Crippen molar-refractivity contribution in [1.29, 1.82) is 0 Å². The van der Waals surface area contributed by atoms with Crippen LogP contribution < -0.4 is 5.32 Å². The molecule has 0 fully saturated rings. The molecule has 0 amide bonds. The molecule has 0 aromatic carbocycles. The molecule has 0 aliphatic carbocycles. The summed E-state index contributed by atoms with van der Waals surface area (Å²) in [6.45, 7) is 7.39. The van der Waals surface area contributed by atoms with Crippen LogP contribution in [0.25, 0.3) is 0 Å². The Hall–Kier alpha value is -1.69. The molecule has 0 saturated heterocycles. The fourth-order valence-electron chi connectivity index (χ4n) is 1.46. The van der Waals surface area contributed by atoms with Crippen LogP contribution in [-0.4, -0.2) is 26.2 Å². The molecule has 0 bridgehead atoms. The smallest absolute Gasteiger partial charge is 0.158 e. The van der Waals surface area contributed by atoms with Crippen molar-refractivity contribution in [2.24, 2.45) is 0 Å². The average molecular weight is 235 g/mol. The van der Waals surface area contributed by atoms with Gasteiger partial charge in [0, 0.05) is 18.7 Å². The summed E-state index contributed by atoms with van der Waals surface area (Å²) < 4.78 is 6.87. The molecule has 92 valence electrons. The number of nitrogens with zero attached hydrogens (tertiary/aromatic N) is 4. The van der Waals surface area contributed by atoms with E-state index in [1.54, 1.807) is 4.68 Å². The summed E-state index contributed by atoms with van der Waals surface area (Å²) in [6, 6.07) is 2.34. The van der Waals surface area contributed by atoms with Crippen LogP contribution >= 0.6 is 0 Å². The van der Waals surface area contributed by atoms with Crippen molar-refractivity contribution in [3.8, 4) is 0 Å². The SMILES string of the molecule is Cc1cc(Cn2cc(CNC(C)C)nn2)on1. The second-order valence-electron chi connectivity index (χ2n) is 4.38. The Kier molecular flexibility index (Phi) is 3.53. The van der Waals surface area contributed by atoms with Crippen molar-refractivity contribution in [1.82, 2.24) is 25.5 Å². The van der Waals surface area contributed by atoms with Crippen LogP contribution in [0.2, 0.25) is 0 Å². The van der Waals surface area contributed by atoms with Crippen molar-refractivity contribution in [3.05, 3.63) is 29.4 Å². The van der Waals surface area contributed by atoms with Crippen molar-refractivity contribution in [3.63, 3.8) is 0 Å². The molecule has 17 heavy (non-hydrogen) atoms. The maximum atomic E-state index is 5.12. The van der Waals surface area contributed by atoms with Gasteiger partial charge in [-0.05, 0) is 6.92 Å². The number of hydrogen-bond acceptors (Lipinski definition) is 5. The van der Waals surface area contributed by atoms with E-state index in [2.05, 4.69) is 34.6 Å². The summed E-state index contributed by atoms with van der Waals surface area (Å²) in [5.74, 6) is 0.788. The van der Waals surface area contributed by atoms with Crippen LogP contribution in [-0.2, 0) is 13.1 Å². The quantitative estimate of drug-likeness (QED) is 0.841. The summed E-state index contributed by atoms with van der Waals surface area (Å²) >= 11 is 0. The van der Waals surface area contributed by atoms with E-state index in [9.17, 15) is 0 Å². The molecular formula is C11H17N5O. The summed E-state index contributed by atoms with van der Waals surface area (Å²) in [5, 5.41) is 15.2. The van der Waals surface area contributed by atoms with Crippen LogP contribution in [0.3, 0.4) is 0 Å². The first-order chi connectivity index (χ1) is 8.13. The molecule has 0 spiro atoms. The lowest BCUT2D eigenvalue weighted by atomic mass is 10.3. The van der Waals surface area contributed by atoms with E-state index in [0.29, 0.717) is 12.6 Å². The third kappa shape index (κ3) is 3.39. The zero-order chi connectivity index (χ0) is 12.3. The maximum Gasteiger partial charge on any atom is 0.158 e. The highest BCUT2D eigenvalue weighted by atomic mass is 16.5. The summed E-state index contributed by atoms with van der Waals surface area (Å²) in [6.07, 6.45) is 1.91. The van der Waals surface area contributed by atoms with Gasteiger partial charge in [-0.2, -0.15) is 0 Å². The van der Waals surface area contributed by atoms with Gasteiger partial charge in [0.1, 0.15) is 6.54 Å². The van der Waals surface area contributed by atoms with Gasteiger partial charge in [0.25, 0.3) is 0 Å². The average Bonchev–Trinajstić information content (AvgIpc) is 2.86. The number of hydrogen-bond donors (Lipinski definition) is 1.